The average Bonchev–Trinajstić information content (AvgIpc) is 2.85. The van der Waals surface area contributed by atoms with Gasteiger partial charge in [0.25, 0.3) is 0 Å². The Kier molecular flexibility index (Phi) is 5.60. The lowest BCUT2D eigenvalue weighted by molar-refractivity contribution is -0.146. The molecule has 0 amide bonds. The van der Waals surface area contributed by atoms with Gasteiger partial charge in [0.05, 0.1) is 13.0 Å². The van der Waals surface area contributed by atoms with Gasteiger partial charge in [-0.25, -0.2) is 0 Å². The zero-order valence-corrected chi connectivity index (χ0v) is 12.5. The summed E-state index contributed by atoms with van der Waals surface area (Å²) in [5.74, 6) is 0.426. The van der Waals surface area contributed by atoms with E-state index in [1.54, 1.807) is 0 Å². The molecule has 1 aromatic rings. The van der Waals surface area contributed by atoms with E-state index in [1.165, 1.54) is 25.5 Å². The molecule has 1 aliphatic rings. The predicted molar refractivity (Wildman–Crippen MR) is 80.5 cm³/mol. The summed E-state index contributed by atoms with van der Waals surface area (Å²) in [5.41, 5.74) is 1.41. The minimum atomic E-state index is -0.0516. The molecule has 1 aromatic carbocycles. The van der Waals surface area contributed by atoms with Gasteiger partial charge in [-0.05, 0) is 37.3 Å². The first-order valence-corrected chi connectivity index (χ1v) is 7.55. The zero-order valence-electron chi connectivity index (χ0n) is 12.5. The molecule has 0 spiro atoms. The van der Waals surface area contributed by atoms with Gasteiger partial charge < -0.3 is 9.64 Å². The van der Waals surface area contributed by atoms with Crippen LogP contribution in [0.5, 0.6) is 0 Å². The molecule has 3 heteroatoms. The second-order valence-electron chi connectivity index (χ2n) is 5.81. The van der Waals surface area contributed by atoms with Gasteiger partial charge in [0.15, 0.2) is 0 Å². The average molecular weight is 275 g/mol. The van der Waals surface area contributed by atoms with E-state index in [1.807, 2.05) is 0 Å². The Morgan fingerprint density at radius 3 is 2.70 bits per heavy atom. The van der Waals surface area contributed by atoms with Crippen LogP contribution in [0, 0.1) is 11.8 Å². The zero-order chi connectivity index (χ0) is 14.4. The summed E-state index contributed by atoms with van der Waals surface area (Å²) in [5, 5.41) is 0. The summed E-state index contributed by atoms with van der Waals surface area (Å²) in [6, 6.07) is 10.6. The number of esters is 1. The van der Waals surface area contributed by atoms with Crippen molar-refractivity contribution in [1.82, 2.24) is 4.90 Å². The predicted octanol–water partition coefficient (Wildman–Crippen LogP) is 2.75. The normalized spacial score (nSPS) is 22.9. The van der Waals surface area contributed by atoms with Gasteiger partial charge in [-0.3, -0.25) is 4.79 Å². The van der Waals surface area contributed by atoms with E-state index < -0.39 is 0 Å². The molecular formula is C17H25NO2. The third kappa shape index (κ3) is 4.07. The van der Waals surface area contributed by atoms with Crippen molar-refractivity contribution in [3.8, 4) is 0 Å². The van der Waals surface area contributed by atoms with Gasteiger partial charge in [-0.2, -0.15) is 0 Å². The van der Waals surface area contributed by atoms with E-state index in [0.717, 1.165) is 26.1 Å². The smallest absolute Gasteiger partial charge is 0.310 e. The minimum absolute atomic E-state index is 0.0516. The first kappa shape index (κ1) is 15.0. The van der Waals surface area contributed by atoms with E-state index >= 15 is 0 Å². The number of carbonyl (C=O) groups excluding carboxylic acids is 1. The first-order chi connectivity index (χ1) is 9.70. The SMILES string of the molecule is COC(=O)C1CN(CCCCc2ccccc2)CC1C. The maximum atomic E-state index is 11.6. The number of ether oxygens (including phenoxy) is 1. The summed E-state index contributed by atoms with van der Waals surface area (Å²) in [7, 11) is 1.48. The number of unbranched alkanes of at least 4 members (excludes halogenated alkanes) is 1. The van der Waals surface area contributed by atoms with Crippen molar-refractivity contribution in [3.05, 3.63) is 35.9 Å². The van der Waals surface area contributed by atoms with Crippen LogP contribution < -0.4 is 0 Å². The van der Waals surface area contributed by atoms with Gasteiger partial charge in [0, 0.05) is 13.1 Å². The lowest BCUT2D eigenvalue weighted by Gasteiger charge is -2.15. The summed E-state index contributed by atoms with van der Waals surface area (Å²) in [6.45, 7) is 5.11. The van der Waals surface area contributed by atoms with Crippen molar-refractivity contribution in [1.29, 1.82) is 0 Å². The number of carbonyl (C=O) groups is 1. The molecule has 2 rings (SSSR count). The van der Waals surface area contributed by atoms with Crippen LogP contribution in [0.3, 0.4) is 0 Å². The fourth-order valence-corrected chi connectivity index (χ4v) is 3.02. The van der Waals surface area contributed by atoms with Crippen LogP contribution in [0.15, 0.2) is 30.3 Å². The summed E-state index contributed by atoms with van der Waals surface area (Å²) < 4.78 is 4.87. The molecule has 0 bridgehead atoms. The summed E-state index contributed by atoms with van der Waals surface area (Å²) in [4.78, 5) is 14.0. The van der Waals surface area contributed by atoms with Crippen LogP contribution in [-0.2, 0) is 16.0 Å². The summed E-state index contributed by atoms with van der Waals surface area (Å²) >= 11 is 0. The molecule has 20 heavy (non-hydrogen) atoms. The van der Waals surface area contributed by atoms with Gasteiger partial charge in [0.1, 0.15) is 0 Å². The Balaban J connectivity index is 1.67. The molecule has 1 aliphatic heterocycles. The first-order valence-electron chi connectivity index (χ1n) is 7.55. The van der Waals surface area contributed by atoms with Crippen molar-refractivity contribution in [3.63, 3.8) is 0 Å². The van der Waals surface area contributed by atoms with Crippen molar-refractivity contribution in [2.75, 3.05) is 26.7 Å². The van der Waals surface area contributed by atoms with E-state index in [9.17, 15) is 4.79 Å². The number of nitrogens with zero attached hydrogens (tertiary/aromatic N) is 1. The highest BCUT2D eigenvalue weighted by molar-refractivity contribution is 5.73. The Bertz CT molecular complexity index is 418. The molecule has 2 atom stereocenters. The Morgan fingerprint density at radius 1 is 1.25 bits per heavy atom. The molecule has 1 heterocycles. The molecule has 3 nitrogen and oxygen atoms in total. The number of aryl methyl sites for hydroxylation is 1. The van der Waals surface area contributed by atoms with Crippen molar-refractivity contribution < 1.29 is 9.53 Å². The second-order valence-corrected chi connectivity index (χ2v) is 5.81. The van der Waals surface area contributed by atoms with Crippen LogP contribution in [0.4, 0.5) is 0 Å². The van der Waals surface area contributed by atoms with Gasteiger partial charge in [-0.1, -0.05) is 37.3 Å². The molecule has 2 unspecified atom stereocenters. The standard InChI is InChI=1S/C17H25NO2/c1-14-12-18(13-16(14)17(19)20-2)11-7-6-10-15-8-4-3-5-9-15/h3-5,8-9,14,16H,6-7,10-13H2,1-2H3. The van der Waals surface area contributed by atoms with E-state index in [2.05, 4.69) is 42.2 Å². The minimum Gasteiger partial charge on any atom is -0.469 e. The highest BCUT2D eigenvalue weighted by Gasteiger charge is 2.34. The maximum absolute atomic E-state index is 11.6. The molecule has 1 fully saturated rings. The third-order valence-electron chi connectivity index (χ3n) is 4.22. The highest BCUT2D eigenvalue weighted by Crippen LogP contribution is 2.24. The number of likely N-dealkylation sites (tertiary alicyclic amines) is 1. The van der Waals surface area contributed by atoms with Crippen LogP contribution in [-0.4, -0.2) is 37.6 Å². The van der Waals surface area contributed by atoms with Gasteiger partial charge in [-0.15, -0.1) is 0 Å². The Labute approximate surface area is 121 Å². The molecule has 0 saturated carbocycles. The lowest BCUT2D eigenvalue weighted by atomic mass is 9.99. The number of rotatable bonds is 6. The lowest BCUT2D eigenvalue weighted by Crippen LogP contribution is -2.25. The summed E-state index contributed by atoms with van der Waals surface area (Å²) in [6.07, 6.45) is 3.54. The monoisotopic (exact) mass is 275 g/mol. The van der Waals surface area contributed by atoms with Crippen molar-refractivity contribution in [2.24, 2.45) is 11.8 Å². The fourth-order valence-electron chi connectivity index (χ4n) is 3.02. The number of hydrogen-bond donors (Lipinski definition) is 0. The van der Waals surface area contributed by atoms with Crippen LogP contribution in [0.25, 0.3) is 0 Å². The topological polar surface area (TPSA) is 29.5 Å². The molecule has 1 saturated heterocycles. The van der Waals surface area contributed by atoms with E-state index in [4.69, 9.17) is 4.74 Å². The van der Waals surface area contributed by atoms with Crippen molar-refractivity contribution >= 4 is 5.97 Å². The maximum Gasteiger partial charge on any atom is 0.310 e. The van der Waals surface area contributed by atoms with Gasteiger partial charge >= 0.3 is 5.97 Å². The molecule has 0 radical (unpaired) electrons. The number of methoxy groups -OCH3 is 1. The van der Waals surface area contributed by atoms with Gasteiger partial charge in [0.2, 0.25) is 0 Å². The number of benzene rings is 1. The molecular weight excluding hydrogens is 250 g/mol. The van der Waals surface area contributed by atoms with E-state index in [-0.39, 0.29) is 11.9 Å². The van der Waals surface area contributed by atoms with Crippen LogP contribution in [0.1, 0.15) is 25.3 Å². The fraction of sp³-hybridized carbons (Fsp3) is 0.588. The third-order valence-corrected chi connectivity index (χ3v) is 4.22. The van der Waals surface area contributed by atoms with Crippen molar-refractivity contribution in [2.45, 2.75) is 26.2 Å². The highest BCUT2D eigenvalue weighted by atomic mass is 16.5. The molecule has 0 aliphatic carbocycles. The van der Waals surface area contributed by atoms with Crippen LogP contribution in [0.2, 0.25) is 0 Å². The second kappa shape index (κ2) is 7.44. The Hall–Kier alpha value is -1.35. The largest absolute Gasteiger partial charge is 0.469 e. The number of hydrogen-bond acceptors (Lipinski definition) is 3. The Morgan fingerprint density at radius 2 is 2.00 bits per heavy atom. The molecule has 0 N–H and O–H groups in total. The quantitative estimate of drug-likeness (QED) is 0.590. The molecule has 110 valence electrons. The molecule has 0 aromatic heterocycles. The van der Waals surface area contributed by atoms with Crippen LogP contribution >= 0.6 is 0 Å². The van der Waals surface area contributed by atoms with E-state index in [0.29, 0.717) is 5.92 Å².